The third kappa shape index (κ3) is 3.66. The zero-order valence-electron chi connectivity index (χ0n) is 14.0. The predicted octanol–water partition coefficient (Wildman–Crippen LogP) is 4.57. The van der Waals surface area contributed by atoms with Crippen LogP contribution in [0.3, 0.4) is 0 Å². The van der Waals surface area contributed by atoms with Gasteiger partial charge < -0.3 is 18.9 Å². The summed E-state index contributed by atoms with van der Waals surface area (Å²) in [4.78, 5) is 12.1. The van der Waals surface area contributed by atoms with E-state index in [1.807, 2.05) is 54.6 Å². The predicted molar refractivity (Wildman–Crippen MR) is 94.3 cm³/mol. The van der Waals surface area contributed by atoms with Crippen molar-refractivity contribution < 1.29 is 23.7 Å². The van der Waals surface area contributed by atoms with Crippen molar-refractivity contribution in [2.24, 2.45) is 0 Å². The number of hydrogen-bond donors (Lipinski definition) is 0. The topological polar surface area (TPSA) is 54.0 Å². The largest absolute Gasteiger partial charge is 0.514 e. The number of carbonyl (C=O) groups is 1. The summed E-state index contributed by atoms with van der Waals surface area (Å²) in [6.45, 7) is 0.144. The minimum Gasteiger partial charge on any atom is -0.493 e. The number of rotatable bonds is 5. The zero-order valence-corrected chi connectivity index (χ0v) is 14.0. The Balaban J connectivity index is 1.84. The molecular weight excluding hydrogens is 320 g/mol. The number of hydrogen-bond acceptors (Lipinski definition) is 5. The second-order valence-electron chi connectivity index (χ2n) is 5.28. The van der Waals surface area contributed by atoms with Crippen LogP contribution in [0.4, 0.5) is 4.79 Å². The summed E-state index contributed by atoms with van der Waals surface area (Å²) < 4.78 is 21.3. The smallest absolute Gasteiger partial charge is 0.493 e. The third-order valence-electron chi connectivity index (χ3n) is 3.74. The fraction of sp³-hybridized carbons (Fsp3) is 0.150. The molecule has 0 heterocycles. The van der Waals surface area contributed by atoms with Crippen LogP contribution < -0.4 is 14.2 Å². The normalized spacial score (nSPS) is 10.3. The third-order valence-corrected chi connectivity index (χ3v) is 3.74. The molecule has 3 aromatic rings. The van der Waals surface area contributed by atoms with Crippen molar-refractivity contribution in [2.45, 2.75) is 6.61 Å². The van der Waals surface area contributed by atoms with Gasteiger partial charge in [-0.3, -0.25) is 0 Å². The minimum atomic E-state index is -0.777. The van der Waals surface area contributed by atoms with Gasteiger partial charge in [-0.05, 0) is 5.56 Å². The molecule has 5 nitrogen and oxygen atoms in total. The van der Waals surface area contributed by atoms with E-state index in [9.17, 15) is 4.79 Å². The van der Waals surface area contributed by atoms with Crippen molar-refractivity contribution >= 4 is 16.9 Å². The SMILES string of the molecule is COc1cc(OC(=O)OCc2ccccc2)c2ccccc2c1OC. The van der Waals surface area contributed by atoms with E-state index < -0.39 is 6.16 Å². The van der Waals surface area contributed by atoms with E-state index in [1.54, 1.807) is 13.2 Å². The molecule has 3 aromatic carbocycles. The lowest BCUT2D eigenvalue weighted by atomic mass is 10.1. The summed E-state index contributed by atoms with van der Waals surface area (Å²) in [5.74, 6) is 1.42. The quantitative estimate of drug-likeness (QED) is 0.504. The number of fused-ring (bicyclic) bond motifs is 1. The highest BCUT2D eigenvalue weighted by molar-refractivity contribution is 5.96. The van der Waals surface area contributed by atoms with E-state index in [0.29, 0.717) is 17.2 Å². The maximum Gasteiger partial charge on any atom is 0.514 e. The molecule has 0 unspecified atom stereocenters. The summed E-state index contributed by atoms with van der Waals surface area (Å²) in [5.41, 5.74) is 0.886. The van der Waals surface area contributed by atoms with E-state index in [2.05, 4.69) is 0 Å². The van der Waals surface area contributed by atoms with Gasteiger partial charge in [-0.15, -0.1) is 0 Å². The molecule has 0 aliphatic carbocycles. The lowest BCUT2D eigenvalue weighted by molar-refractivity contribution is 0.0932. The van der Waals surface area contributed by atoms with E-state index in [4.69, 9.17) is 18.9 Å². The van der Waals surface area contributed by atoms with Crippen molar-refractivity contribution in [3.63, 3.8) is 0 Å². The molecule has 25 heavy (non-hydrogen) atoms. The molecule has 0 bridgehead atoms. The van der Waals surface area contributed by atoms with E-state index in [0.717, 1.165) is 16.3 Å². The Morgan fingerprint density at radius 2 is 1.52 bits per heavy atom. The van der Waals surface area contributed by atoms with Crippen LogP contribution in [0.5, 0.6) is 17.2 Å². The standard InChI is InChI=1S/C20H18O5/c1-22-18-12-17(15-10-6-7-11-16(15)19(18)23-2)25-20(21)24-13-14-8-4-3-5-9-14/h3-12H,13H2,1-2H3. The fourth-order valence-electron chi connectivity index (χ4n) is 2.57. The van der Waals surface area contributed by atoms with Gasteiger partial charge in [0.25, 0.3) is 0 Å². The number of carbonyl (C=O) groups excluding carboxylic acids is 1. The van der Waals surface area contributed by atoms with Crippen molar-refractivity contribution in [3.05, 3.63) is 66.2 Å². The molecule has 128 valence electrons. The average molecular weight is 338 g/mol. The van der Waals surface area contributed by atoms with Gasteiger partial charge in [0.05, 0.1) is 14.2 Å². The molecule has 0 atom stereocenters. The highest BCUT2D eigenvalue weighted by Crippen LogP contribution is 2.41. The van der Waals surface area contributed by atoms with E-state index in [-0.39, 0.29) is 6.61 Å². The molecule has 0 saturated heterocycles. The van der Waals surface area contributed by atoms with Crippen LogP contribution in [0.15, 0.2) is 60.7 Å². The van der Waals surface area contributed by atoms with Gasteiger partial charge in [0.1, 0.15) is 12.4 Å². The molecule has 0 aromatic heterocycles. The highest BCUT2D eigenvalue weighted by Gasteiger charge is 2.17. The number of ether oxygens (including phenoxy) is 4. The van der Waals surface area contributed by atoms with Crippen LogP contribution in [0.1, 0.15) is 5.56 Å². The zero-order chi connectivity index (χ0) is 17.6. The summed E-state index contributed by atoms with van der Waals surface area (Å²) in [5, 5.41) is 1.52. The second kappa shape index (κ2) is 7.57. The average Bonchev–Trinajstić information content (AvgIpc) is 2.67. The first-order valence-corrected chi connectivity index (χ1v) is 7.75. The molecule has 0 spiro atoms. The Bertz CT molecular complexity index is 874. The molecule has 0 saturated carbocycles. The van der Waals surface area contributed by atoms with Crippen LogP contribution in [0, 0.1) is 0 Å². The first-order chi connectivity index (χ1) is 12.2. The molecule has 0 aliphatic rings. The van der Waals surface area contributed by atoms with Gasteiger partial charge >= 0.3 is 6.16 Å². The van der Waals surface area contributed by atoms with Gasteiger partial charge in [-0.2, -0.15) is 0 Å². The Labute approximate surface area is 145 Å². The second-order valence-corrected chi connectivity index (χ2v) is 5.28. The Morgan fingerprint density at radius 1 is 0.840 bits per heavy atom. The maximum absolute atomic E-state index is 12.1. The molecule has 5 heteroatoms. The fourth-order valence-corrected chi connectivity index (χ4v) is 2.57. The lowest BCUT2D eigenvalue weighted by Crippen LogP contribution is -2.11. The Hall–Kier alpha value is -3.21. The lowest BCUT2D eigenvalue weighted by Gasteiger charge is -2.14. The molecule has 3 rings (SSSR count). The summed E-state index contributed by atoms with van der Waals surface area (Å²) in [6.07, 6.45) is -0.777. The molecule has 0 aliphatic heterocycles. The molecule has 0 fully saturated rings. The van der Waals surface area contributed by atoms with E-state index >= 15 is 0 Å². The van der Waals surface area contributed by atoms with Crippen LogP contribution in [0.25, 0.3) is 10.8 Å². The van der Waals surface area contributed by atoms with Crippen LogP contribution in [-0.2, 0) is 11.3 Å². The van der Waals surface area contributed by atoms with Gasteiger partial charge in [0, 0.05) is 16.8 Å². The van der Waals surface area contributed by atoms with Crippen molar-refractivity contribution in [1.82, 2.24) is 0 Å². The van der Waals surface area contributed by atoms with Crippen LogP contribution in [0.2, 0.25) is 0 Å². The molecular formula is C20H18O5. The Morgan fingerprint density at radius 3 is 2.20 bits per heavy atom. The summed E-state index contributed by atoms with van der Waals surface area (Å²) >= 11 is 0. The monoisotopic (exact) mass is 338 g/mol. The highest BCUT2D eigenvalue weighted by atomic mass is 16.7. The van der Waals surface area contributed by atoms with Crippen molar-refractivity contribution in [3.8, 4) is 17.2 Å². The van der Waals surface area contributed by atoms with E-state index in [1.165, 1.54) is 7.11 Å². The summed E-state index contributed by atoms with van der Waals surface area (Å²) in [6, 6.07) is 18.5. The first-order valence-electron chi connectivity index (χ1n) is 7.75. The van der Waals surface area contributed by atoms with Crippen LogP contribution >= 0.6 is 0 Å². The van der Waals surface area contributed by atoms with Gasteiger partial charge in [0.2, 0.25) is 0 Å². The minimum absolute atomic E-state index is 0.144. The Kier molecular flexibility index (Phi) is 5.04. The van der Waals surface area contributed by atoms with Crippen molar-refractivity contribution in [1.29, 1.82) is 0 Å². The molecule has 0 radical (unpaired) electrons. The van der Waals surface area contributed by atoms with Gasteiger partial charge in [-0.1, -0.05) is 54.6 Å². The van der Waals surface area contributed by atoms with Crippen LogP contribution in [-0.4, -0.2) is 20.4 Å². The number of methoxy groups -OCH3 is 2. The maximum atomic E-state index is 12.1. The first kappa shape index (κ1) is 16.6. The van der Waals surface area contributed by atoms with Gasteiger partial charge in [0.15, 0.2) is 11.5 Å². The molecule has 0 N–H and O–H groups in total. The summed E-state index contributed by atoms with van der Waals surface area (Å²) in [7, 11) is 3.10. The van der Waals surface area contributed by atoms with Crippen molar-refractivity contribution in [2.75, 3.05) is 14.2 Å². The van der Waals surface area contributed by atoms with Gasteiger partial charge in [-0.25, -0.2) is 4.79 Å². The molecule has 0 amide bonds. The number of benzene rings is 3.